The summed E-state index contributed by atoms with van der Waals surface area (Å²) in [6, 6.07) is 7.90. The van der Waals surface area contributed by atoms with Crippen LogP contribution in [-0.4, -0.2) is 6.61 Å². The average Bonchev–Trinajstić information content (AvgIpc) is 2.72. The van der Waals surface area contributed by atoms with Crippen LogP contribution in [0.3, 0.4) is 0 Å². The maximum Gasteiger partial charge on any atom is 0.127 e. The zero-order valence-electron chi connectivity index (χ0n) is 9.61. The molecule has 0 bridgehead atoms. The number of rotatable bonds is 4. The van der Waals surface area contributed by atoms with E-state index in [0.29, 0.717) is 18.1 Å². The Kier molecular flexibility index (Phi) is 3.15. The van der Waals surface area contributed by atoms with Crippen molar-refractivity contribution in [1.82, 2.24) is 0 Å². The van der Waals surface area contributed by atoms with Crippen LogP contribution in [-0.2, 0) is 4.74 Å². The number of benzene rings is 1. The Labute approximate surface area is 101 Å². The first-order valence-electron chi connectivity index (χ1n) is 5.31. The summed E-state index contributed by atoms with van der Waals surface area (Å²) < 4.78 is 10.9. The van der Waals surface area contributed by atoms with Gasteiger partial charge >= 0.3 is 0 Å². The summed E-state index contributed by atoms with van der Waals surface area (Å²) >= 11 is 0. The van der Waals surface area contributed by atoms with Crippen molar-refractivity contribution in [3.05, 3.63) is 73.2 Å². The Morgan fingerprint density at radius 3 is 2.76 bits per heavy atom. The minimum absolute atomic E-state index is 0.485. The summed E-state index contributed by atoms with van der Waals surface area (Å²) in [4.78, 5) is 0. The molecule has 2 heteroatoms. The standard InChI is InChI=1S/C15H14O2/c1-4-11(2)17-12(3)9-13-10-16-15-8-6-5-7-14(13)15/h4-9H,1-3,10H2/b13-9+. The van der Waals surface area contributed by atoms with Gasteiger partial charge in [0.1, 0.15) is 23.9 Å². The van der Waals surface area contributed by atoms with Crippen LogP contribution in [0.2, 0.25) is 0 Å². The molecular formula is C15H14O2. The van der Waals surface area contributed by atoms with Crippen molar-refractivity contribution in [2.24, 2.45) is 0 Å². The van der Waals surface area contributed by atoms with Gasteiger partial charge in [-0.25, -0.2) is 0 Å². The van der Waals surface area contributed by atoms with Gasteiger partial charge in [-0.2, -0.15) is 0 Å². The van der Waals surface area contributed by atoms with Crippen LogP contribution < -0.4 is 4.74 Å². The second-order valence-electron chi connectivity index (χ2n) is 3.69. The highest BCUT2D eigenvalue weighted by Gasteiger charge is 2.16. The van der Waals surface area contributed by atoms with E-state index in [-0.39, 0.29) is 0 Å². The smallest absolute Gasteiger partial charge is 0.127 e. The van der Waals surface area contributed by atoms with E-state index in [4.69, 9.17) is 9.47 Å². The number of hydrogen-bond acceptors (Lipinski definition) is 2. The van der Waals surface area contributed by atoms with Crippen molar-refractivity contribution >= 4 is 5.57 Å². The Balaban J connectivity index is 2.17. The predicted molar refractivity (Wildman–Crippen MR) is 69.5 cm³/mol. The largest absolute Gasteiger partial charge is 0.488 e. The monoisotopic (exact) mass is 226 g/mol. The van der Waals surface area contributed by atoms with E-state index in [1.54, 1.807) is 6.08 Å². The molecule has 0 aromatic heterocycles. The molecule has 0 fully saturated rings. The van der Waals surface area contributed by atoms with Crippen LogP contribution in [0.25, 0.3) is 5.57 Å². The van der Waals surface area contributed by atoms with Gasteiger partial charge in [-0.15, -0.1) is 0 Å². The van der Waals surface area contributed by atoms with Gasteiger partial charge in [0.2, 0.25) is 0 Å². The number of allylic oxidation sites excluding steroid dienone is 2. The lowest BCUT2D eigenvalue weighted by molar-refractivity contribution is 0.340. The molecule has 0 atom stereocenters. The summed E-state index contributed by atoms with van der Waals surface area (Å²) in [7, 11) is 0. The lowest BCUT2D eigenvalue weighted by Crippen LogP contribution is -1.90. The van der Waals surface area contributed by atoms with Gasteiger partial charge in [-0.1, -0.05) is 37.9 Å². The van der Waals surface area contributed by atoms with Crippen LogP contribution in [0.15, 0.2) is 67.7 Å². The number of fused-ring (bicyclic) bond motifs is 1. The van der Waals surface area contributed by atoms with Gasteiger partial charge < -0.3 is 9.47 Å². The third-order valence-electron chi connectivity index (χ3n) is 2.44. The van der Waals surface area contributed by atoms with Crippen molar-refractivity contribution in [3.8, 4) is 5.75 Å². The summed E-state index contributed by atoms with van der Waals surface area (Å²) in [6.45, 7) is 11.6. The van der Waals surface area contributed by atoms with Gasteiger partial charge in [0.05, 0.1) is 0 Å². The van der Waals surface area contributed by atoms with Crippen LogP contribution >= 0.6 is 0 Å². The molecule has 17 heavy (non-hydrogen) atoms. The van der Waals surface area contributed by atoms with E-state index >= 15 is 0 Å². The fourth-order valence-electron chi connectivity index (χ4n) is 1.64. The molecular weight excluding hydrogens is 212 g/mol. The van der Waals surface area contributed by atoms with E-state index in [0.717, 1.165) is 16.9 Å². The SMILES string of the molecule is C=CC(=C)OC(=C)/C=C1\COc2ccccc21. The molecule has 1 aromatic carbocycles. The molecule has 0 amide bonds. The van der Waals surface area contributed by atoms with Crippen LogP contribution in [0, 0.1) is 0 Å². The number of ether oxygens (including phenoxy) is 2. The average molecular weight is 226 g/mol. The van der Waals surface area contributed by atoms with Crippen LogP contribution in [0.5, 0.6) is 5.75 Å². The molecule has 0 saturated heterocycles. The minimum atomic E-state index is 0.485. The Morgan fingerprint density at radius 2 is 2.00 bits per heavy atom. The molecule has 0 saturated carbocycles. The summed E-state index contributed by atoms with van der Waals surface area (Å²) in [6.07, 6.45) is 3.41. The molecule has 1 aromatic rings. The van der Waals surface area contributed by atoms with Gasteiger partial charge in [0, 0.05) is 11.1 Å². The highest BCUT2D eigenvalue weighted by Crippen LogP contribution is 2.33. The summed E-state index contributed by atoms with van der Waals surface area (Å²) in [5.41, 5.74) is 2.14. The summed E-state index contributed by atoms with van der Waals surface area (Å²) in [5.74, 6) is 1.92. The molecule has 2 rings (SSSR count). The van der Waals surface area contributed by atoms with Crippen molar-refractivity contribution in [3.63, 3.8) is 0 Å². The van der Waals surface area contributed by atoms with Gasteiger partial charge in [0.15, 0.2) is 0 Å². The van der Waals surface area contributed by atoms with Crippen LogP contribution in [0.4, 0.5) is 0 Å². The lowest BCUT2D eigenvalue weighted by Gasteiger charge is -2.04. The molecule has 1 aliphatic heterocycles. The van der Waals surface area contributed by atoms with Crippen molar-refractivity contribution < 1.29 is 9.47 Å². The molecule has 2 nitrogen and oxygen atoms in total. The maximum atomic E-state index is 5.54. The third-order valence-corrected chi connectivity index (χ3v) is 2.44. The van der Waals surface area contributed by atoms with E-state index < -0.39 is 0 Å². The first-order chi connectivity index (χ1) is 8.20. The fourth-order valence-corrected chi connectivity index (χ4v) is 1.64. The van der Waals surface area contributed by atoms with E-state index in [9.17, 15) is 0 Å². The number of para-hydroxylation sites is 1. The molecule has 0 unspecified atom stereocenters. The summed E-state index contributed by atoms with van der Waals surface area (Å²) in [5, 5.41) is 0. The number of hydrogen-bond donors (Lipinski definition) is 0. The Morgan fingerprint density at radius 1 is 1.24 bits per heavy atom. The Bertz CT molecular complexity index is 509. The van der Waals surface area contributed by atoms with E-state index in [1.807, 2.05) is 30.3 Å². The minimum Gasteiger partial charge on any atom is -0.488 e. The zero-order chi connectivity index (χ0) is 12.3. The fraction of sp³-hybridized carbons (Fsp3) is 0.0667. The second kappa shape index (κ2) is 4.74. The second-order valence-corrected chi connectivity index (χ2v) is 3.69. The molecule has 0 N–H and O–H groups in total. The zero-order valence-corrected chi connectivity index (χ0v) is 9.61. The van der Waals surface area contributed by atoms with Gasteiger partial charge in [-0.05, 0) is 18.2 Å². The van der Waals surface area contributed by atoms with Crippen LogP contribution in [0.1, 0.15) is 5.56 Å². The van der Waals surface area contributed by atoms with E-state index in [2.05, 4.69) is 19.7 Å². The molecule has 0 radical (unpaired) electrons. The van der Waals surface area contributed by atoms with Crippen molar-refractivity contribution in [1.29, 1.82) is 0 Å². The Hall–Kier alpha value is -2.22. The third kappa shape index (κ3) is 2.48. The quantitative estimate of drug-likeness (QED) is 0.575. The molecule has 0 aliphatic carbocycles. The van der Waals surface area contributed by atoms with E-state index in [1.165, 1.54) is 0 Å². The lowest BCUT2D eigenvalue weighted by atomic mass is 10.1. The molecule has 86 valence electrons. The maximum absolute atomic E-state index is 5.54. The highest BCUT2D eigenvalue weighted by atomic mass is 16.5. The topological polar surface area (TPSA) is 18.5 Å². The molecule has 1 heterocycles. The van der Waals surface area contributed by atoms with Gasteiger partial charge in [0.25, 0.3) is 0 Å². The highest BCUT2D eigenvalue weighted by molar-refractivity contribution is 5.76. The normalized spacial score (nSPS) is 14.9. The molecule has 0 spiro atoms. The molecule has 1 aliphatic rings. The first-order valence-corrected chi connectivity index (χ1v) is 5.31. The first kappa shape index (κ1) is 11.3. The van der Waals surface area contributed by atoms with Crippen molar-refractivity contribution in [2.45, 2.75) is 0 Å². The predicted octanol–water partition coefficient (Wildman–Crippen LogP) is 3.69. The van der Waals surface area contributed by atoms with Gasteiger partial charge in [-0.3, -0.25) is 0 Å². The van der Waals surface area contributed by atoms with Crippen molar-refractivity contribution in [2.75, 3.05) is 6.61 Å².